The molecule has 1 fully saturated rings. The first-order chi connectivity index (χ1) is 10.7. The van der Waals surface area contributed by atoms with Gasteiger partial charge in [-0.1, -0.05) is 30.3 Å². The topological polar surface area (TPSA) is 84.8 Å². The summed E-state index contributed by atoms with van der Waals surface area (Å²) in [6.45, 7) is 2.43. The van der Waals surface area contributed by atoms with Crippen LogP contribution in [0.25, 0.3) is 11.3 Å². The summed E-state index contributed by atoms with van der Waals surface area (Å²) in [7, 11) is 0. The molecule has 2 atom stereocenters. The van der Waals surface area contributed by atoms with E-state index in [-0.39, 0.29) is 17.9 Å². The lowest BCUT2D eigenvalue weighted by atomic mass is 10.1. The van der Waals surface area contributed by atoms with Gasteiger partial charge >= 0.3 is 0 Å². The van der Waals surface area contributed by atoms with Crippen LogP contribution in [0.5, 0.6) is 0 Å². The van der Waals surface area contributed by atoms with E-state index < -0.39 is 0 Å². The van der Waals surface area contributed by atoms with Crippen molar-refractivity contribution in [3.05, 3.63) is 36.4 Å². The molecule has 1 aliphatic rings. The molecule has 112 valence electrons. The Hall–Kier alpha value is -2.81. The summed E-state index contributed by atoms with van der Waals surface area (Å²) in [6.07, 6.45) is 2.81. The first-order valence-electron chi connectivity index (χ1n) is 7.25. The number of nitrogens with zero attached hydrogens (tertiary/aromatic N) is 3. The molecule has 6 nitrogen and oxygen atoms in total. The van der Waals surface area contributed by atoms with Gasteiger partial charge in [-0.05, 0) is 18.9 Å². The van der Waals surface area contributed by atoms with Crippen LogP contribution in [0.4, 0.5) is 5.82 Å². The number of carbonyl (C=O) groups excluding carboxylic acids is 1. The lowest BCUT2D eigenvalue weighted by molar-refractivity contribution is -0.119. The first-order valence-corrected chi connectivity index (χ1v) is 7.25. The third-order valence-electron chi connectivity index (χ3n) is 3.99. The first kappa shape index (κ1) is 14.1. The van der Waals surface area contributed by atoms with Gasteiger partial charge < -0.3 is 10.2 Å². The number of hydrogen-bond donors (Lipinski definition) is 2. The van der Waals surface area contributed by atoms with E-state index in [0.717, 1.165) is 11.3 Å². The predicted octanol–water partition coefficient (Wildman–Crippen LogP) is 2.21. The van der Waals surface area contributed by atoms with Gasteiger partial charge in [-0.2, -0.15) is 10.4 Å². The van der Waals surface area contributed by atoms with E-state index >= 15 is 0 Å². The summed E-state index contributed by atoms with van der Waals surface area (Å²) in [5, 5.41) is 18.8. The molecule has 22 heavy (non-hydrogen) atoms. The molecule has 6 heteroatoms. The summed E-state index contributed by atoms with van der Waals surface area (Å²) in [5.74, 6) is 0.245. The lowest BCUT2D eigenvalue weighted by Crippen LogP contribution is -2.25. The van der Waals surface area contributed by atoms with Crippen molar-refractivity contribution in [1.82, 2.24) is 15.1 Å². The molecule has 0 saturated carbocycles. The second-order valence-electron chi connectivity index (χ2n) is 5.56. The van der Waals surface area contributed by atoms with Crippen molar-refractivity contribution in [3.8, 4) is 17.5 Å². The van der Waals surface area contributed by atoms with Gasteiger partial charge in [0.05, 0.1) is 11.6 Å². The van der Waals surface area contributed by atoms with E-state index in [1.807, 2.05) is 43.3 Å². The van der Waals surface area contributed by atoms with Crippen LogP contribution in [0.1, 0.15) is 13.3 Å². The highest BCUT2D eigenvalue weighted by molar-refractivity contribution is 5.92. The average Bonchev–Trinajstić information content (AvgIpc) is 3.14. The largest absolute Gasteiger partial charge is 0.309 e. The van der Waals surface area contributed by atoms with Gasteiger partial charge in [0.1, 0.15) is 0 Å². The van der Waals surface area contributed by atoms with Crippen LogP contribution in [-0.2, 0) is 4.79 Å². The maximum atomic E-state index is 12.3. The van der Waals surface area contributed by atoms with Crippen molar-refractivity contribution in [2.75, 3.05) is 11.9 Å². The van der Waals surface area contributed by atoms with E-state index in [0.29, 0.717) is 18.8 Å². The highest BCUT2D eigenvalue weighted by atomic mass is 16.2. The molecule has 2 unspecified atom stereocenters. The Morgan fingerprint density at radius 1 is 1.45 bits per heavy atom. The predicted molar refractivity (Wildman–Crippen MR) is 82.5 cm³/mol. The maximum Gasteiger partial charge on any atom is 0.230 e. The molecule has 1 amide bonds. The summed E-state index contributed by atoms with van der Waals surface area (Å²) in [4.78, 5) is 13.9. The number of nitriles is 1. The van der Waals surface area contributed by atoms with E-state index in [9.17, 15) is 4.79 Å². The van der Waals surface area contributed by atoms with Gasteiger partial charge in [0.15, 0.2) is 12.0 Å². The van der Waals surface area contributed by atoms with E-state index in [4.69, 9.17) is 5.26 Å². The number of benzene rings is 1. The van der Waals surface area contributed by atoms with Crippen LogP contribution in [0.15, 0.2) is 36.4 Å². The molecule has 0 spiro atoms. The Morgan fingerprint density at radius 2 is 2.23 bits per heavy atom. The smallest absolute Gasteiger partial charge is 0.230 e. The zero-order valence-electron chi connectivity index (χ0n) is 12.3. The minimum atomic E-state index is -0.175. The fourth-order valence-corrected chi connectivity index (χ4v) is 2.74. The van der Waals surface area contributed by atoms with Gasteiger partial charge in [0, 0.05) is 18.7 Å². The quantitative estimate of drug-likeness (QED) is 0.850. The molecule has 0 bridgehead atoms. The third-order valence-corrected chi connectivity index (χ3v) is 3.99. The number of H-pyrrole nitrogens is 1. The minimum Gasteiger partial charge on any atom is -0.309 e. The van der Waals surface area contributed by atoms with Crippen molar-refractivity contribution in [1.29, 1.82) is 5.26 Å². The number of aromatic amines is 1. The third kappa shape index (κ3) is 2.79. The highest BCUT2D eigenvalue weighted by Crippen LogP contribution is 2.24. The second kappa shape index (κ2) is 5.90. The van der Waals surface area contributed by atoms with Crippen LogP contribution in [0.3, 0.4) is 0 Å². The molecule has 2 aromatic rings. The van der Waals surface area contributed by atoms with Gasteiger partial charge in [0.2, 0.25) is 5.91 Å². The van der Waals surface area contributed by atoms with Crippen molar-refractivity contribution in [2.45, 2.75) is 19.4 Å². The zero-order valence-corrected chi connectivity index (χ0v) is 12.3. The minimum absolute atomic E-state index is 0.0873. The van der Waals surface area contributed by atoms with Gasteiger partial charge in [-0.15, -0.1) is 0 Å². The molecule has 1 aliphatic heterocycles. The van der Waals surface area contributed by atoms with Crippen molar-refractivity contribution >= 4 is 11.7 Å². The number of amides is 1. The standard InChI is InChI=1S/C16H17N5O/c1-11-7-13(9-21(11)10-17)16(22)18-15-8-14(19-20-15)12-5-3-2-4-6-12/h2-6,8,11,13H,7,9H2,1H3,(H2,18,19,20,22). The summed E-state index contributed by atoms with van der Waals surface area (Å²) in [5.41, 5.74) is 1.87. The molecule has 2 N–H and O–H groups in total. The number of anilines is 1. The van der Waals surface area contributed by atoms with Gasteiger partial charge in [-0.25, -0.2) is 0 Å². The Balaban J connectivity index is 1.66. The van der Waals surface area contributed by atoms with Crippen LogP contribution in [0.2, 0.25) is 0 Å². The molecular weight excluding hydrogens is 278 g/mol. The van der Waals surface area contributed by atoms with Crippen molar-refractivity contribution in [3.63, 3.8) is 0 Å². The fraction of sp³-hybridized carbons (Fsp3) is 0.312. The Bertz CT molecular complexity index is 703. The Morgan fingerprint density at radius 3 is 2.91 bits per heavy atom. The number of aromatic nitrogens is 2. The molecule has 1 aromatic heterocycles. The SMILES string of the molecule is CC1CC(C(=O)Nc2cc(-c3ccccc3)[nH]n2)CN1C#N. The lowest BCUT2D eigenvalue weighted by Gasteiger charge is -2.11. The number of nitrogens with one attached hydrogen (secondary N) is 2. The summed E-state index contributed by atoms with van der Waals surface area (Å²) < 4.78 is 0. The van der Waals surface area contributed by atoms with Gasteiger partial charge in [0.25, 0.3) is 0 Å². The van der Waals surface area contributed by atoms with Crippen LogP contribution in [-0.4, -0.2) is 33.6 Å². The number of rotatable bonds is 3. The number of hydrogen-bond acceptors (Lipinski definition) is 4. The maximum absolute atomic E-state index is 12.3. The fourth-order valence-electron chi connectivity index (χ4n) is 2.74. The molecule has 2 heterocycles. The van der Waals surface area contributed by atoms with Gasteiger partial charge in [-0.3, -0.25) is 9.89 Å². The van der Waals surface area contributed by atoms with E-state index in [1.54, 1.807) is 4.90 Å². The highest BCUT2D eigenvalue weighted by Gasteiger charge is 2.33. The van der Waals surface area contributed by atoms with Crippen LogP contribution >= 0.6 is 0 Å². The number of likely N-dealkylation sites (tertiary alicyclic amines) is 1. The monoisotopic (exact) mass is 295 g/mol. The Kier molecular flexibility index (Phi) is 3.79. The molecule has 1 saturated heterocycles. The molecule has 0 radical (unpaired) electrons. The molecule has 1 aromatic carbocycles. The molecule has 0 aliphatic carbocycles. The van der Waals surface area contributed by atoms with Crippen molar-refractivity contribution in [2.24, 2.45) is 5.92 Å². The van der Waals surface area contributed by atoms with Crippen molar-refractivity contribution < 1.29 is 4.79 Å². The second-order valence-corrected chi connectivity index (χ2v) is 5.56. The molecular formula is C16H17N5O. The summed E-state index contributed by atoms with van der Waals surface area (Å²) >= 11 is 0. The normalized spacial score (nSPS) is 20.6. The molecule has 3 rings (SSSR count). The zero-order chi connectivity index (χ0) is 15.5. The Labute approximate surface area is 128 Å². The van der Waals surface area contributed by atoms with E-state index in [2.05, 4.69) is 21.7 Å². The number of carbonyl (C=O) groups is 1. The average molecular weight is 295 g/mol. The summed E-state index contributed by atoms with van der Waals surface area (Å²) in [6, 6.07) is 11.7. The van der Waals surface area contributed by atoms with Crippen LogP contribution < -0.4 is 5.32 Å². The van der Waals surface area contributed by atoms with Crippen LogP contribution in [0, 0.1) is 17.4 Å². The van der Waals surface area contributed by atoms with E-state index in [1.165, 1.54) is 0 Å².